The minimum atomic E-state index is -0.372. The second kappa shape index (κ2) is 5.47. The van der Waals surface area contributed by atoms with Crippen molar-refractivity contribution in [1.82, 2.24) is 4.90 Å². The Morgan fingerprint density at radius 3 is 2.63 bits per heavy atom. The minimum absolute atomic E-state index is 0. The summed E-state index contributed by atoms with van der Waals surface area (Å²) in [6.07, 6.45) is 1.58. The highest BCUT2D eigenvalue weighted by Gasteiger charge is 2.47. The Labute approximate surface area is 118 Å². The van der Waals surface area contributed by atoms with Gasteiger partial charge >= 0.3 is 0 Å². The molecule has 19 heavy (non-hydrogen) atoms. The van der Waals surface area contributed by atoms with Crippen LogP contribution in [0.1, 0.15) is 18.4 Å². The van der Waals surface area contributed by atoms with Crippen LogP contribution in [0.4, 0.5) is 10.1 Å². The Morgan fingerprint density at radius 2 is 1.95 bits per heavy atom. The lowest BCUT2D eigenvalue weighted by Gasteiger charge is -2.37. The Hall–Kier alpha value is -1.13. The van der Waals surface area contributed by atoms with Crippen molar-refractivity contribution in [3.8, 4) is 0 Å². The fraction of sp³-hybridized carbons (Fsp3) is 0.500. The average Bonchev–Trinajstić information content (AvgIpc) is 2.66. The molecule has 2 aliphatic heterocycles. The van der Waals surface area contributed by atoms with Crippen LogP contribution in [-0.2, 0) is 10.2 Å². The van der Waals surface area contributed by atoms with E-state index < -0.39 is 0 Å². The van der Waals surface area contributed by atoms with Crippen molar-refractivity contribution < 1.29 is 9.18 Å². The van der Waals surface area contributed by atoms with Gasteiger partial charge in [-0.2, -0.15) is 0 Å². The lowest BCUT2D eigenvalue weighted by Crippen LogP contribution is -2.46. The molecule has 1 saturated heterocycles. The summed E-state index contributed by atoms with van der Waals surface area (Å²) in [4.78, 5) is 14.4. The molecule has 2 heterocycles. The molecule has 3 rings (SSSR count). The molecule has 2 aliphatic rings. The minimum Gasteiger partial charge on any atom is -0.325 e. The summed E-state index contributed by atoms with van der Waals surface area (Å²) in [7, 11) is 0. The molecule has 1 aromatic carbocycles. The number of hydrogen-bond acceptors (Lipinski definition) is 2. The molecule has 3 nitrogen and oxygen atoms in total. The number of carbonyl (C=O) groups excluding carboxylic acids is 1. The van der Waals surface area contributed by atoms with Crippen LogP contribution in [0.25, 0.3) is 0 Å². The van der Waals surface area contributed by atoms with Gasteiger partial charge in [0.1, 0.15) is 6.67 Å². The van der Waals surface area contributed by atoms with E-state index in [9.17, 15) is 9.18 Å². The smallest absolute Gasteiger partial charge is 0.235 e. The number of nitrogens with zero attached hydrogens (tertiary/aromatic N) is 1. The summed E-state index contributed by atoms with van der Waals surface area (Å²) < 4.78 is 12.3. The van der Waals surface area contributed by atoms with E-state index in [1.165, 1.54) is 0 Å². The zero-order valence-corrected chi connectivity index (χ0v) is 11.5. The first-order valence-corrected chi connectivity index (χ1v) is 6.45. The summed E-state index contributed by atoms with van der Waals surface area (Å²) in [6, 6.07) is 7.92. The van der Waals surface area contributed by atoms with Gasteiger partial charge in [0.2, 0.25) is 5.91 Å². The monoisotopic (exact) mass is 284 g/mol. The van der Waals surface area contributed by atoms with Gasteiger partial charge in [-0.25, -0.2) is 4.39 Å². The normalized spacial score (nSPS) is 20.8. The van der Waals surface area contributed by atoms with Crippen molar-refractivity contribution in [2.24, 2.45) is 0 Å². The van der Waals surface area contributed by atoms with E-state index in [1.54, 1.807) is 0 Å². The van der Waals surface area contributed by atoms with Gasteiger partial charge in [0, 0.05) is 12.2 Å². The number of halogens is 2. The highest BCUT2D eigenvalue weighted by molar-refractivity contribution is 6.06. The molecule has 104 valence electrons. The van der Waals surface area contributed by atoms with Crippen LogP contribution >= 0.6 is 12.4 Å². The third-order valence-corrected chi connectivity index (χ3v) is 4.24. The quantitative estimate of drug-likeness (QED) is 0.904. The molecule has 0 saturated carbocycles. The van der Waals surface area contributed by atoms with Crippen LogP contribution in [0, 0.1) is 0 Å². The molecule has 5 heteroatoms. The summed E-state index contributed by atoms with van der Waals surface area (Å²) in [5.41, 5.74) is 1.69. The molecule has 1 fully saturated rings. The molecular formula is C14H18ClFN2O. The standard InChI is InChI=1S/C14H17FN2O.ClH/c15-7-10-17-8-5-14(6-9-17)11-3-1-2-4-12(11)16-13(14)18;/h1-4H,5-10H2,(H,16,18);1H. The van der Waals surface area contributed by atoms with Crippen molar-refractivity contribution in [2.75, 3.05) is 31.6 Å². The predicted molar refractivity (Wildman–Crippen MR) is 75.6 cm³/mol. The molecule has 0 aliphatic carbocycles. The second-order valence-electron chi connectivity index (χ2n) is 5.11. The van der Waals surface area contributed by atoms with Gasteiger partial charge in [-0.3, -0.25) is 4.79 Å². The molecule has 1 spiro atoms. The first-order valence-electron chi connectivity index (χ1n) is 6.45. The van der Waals surface area contributed by atoms with Crippen LogP contribution in [0.3, 0.4) is 0 Å². The zero-order valence-electron chi connectivity index (χ0n) is 10.7. The number of rotatable bonds is 2. The number of likely N-dealkylation sites (tertiary alicyclic amines) is 1. The molecule has 1 aromatic rings. The lowest BCUT2D eigenvalue weighted by molar-refractivity contribution is -0.122. The van der Waals surface area contributed by atoms with Crippen LogP contribution in [0.5, 0.6) is 0 Å². The van der Waals surface area contributed by atoms with Crippen LogP contribution in [-0.4, -0.2) is 37.1 Å². The number of nitrogens with one attached hydrogen (secondary N) is 1. The average molecular weight is 285 g/mol. The number of fused-ring (bicyclic) bond motifs is 2. The number of anilines is 1. The SMILES string of the molecule is Cl.O=C1Nc2ccccc2C12CCN(CCF)CC2. The van der Waals surface area contributed by atoms with Crippen molar-refractivity contribution in [2.45, 2.75) is 18.3 Å². The number of amides is 1. The number of hydrogen-bond donors (Lipinski definition) is 1. The first-order chi connectivity index (χ1) is 8.76. The van der Waals surface area contributed by atoms with Gasteiger partial charge < -0.3 is 10.2 Å². The fourth-order valence-corrected chi connectivity index (χ4v) is 3.15. The van der Waals surface area contributed by atoms with E-state index in [1.807, 2.05) is 24.3 Å². The largest absolute Gasteiger partial charge is 0.325 e. The number of carbonyl (C=O) groups is 1. The number of alkyl halides is 1. The summed E-state index contributed by atoms with van der Waals surface area (Å²) in [5.74, 6) is 0.114. The second-order valence-corrected chi connectivity index (χ2v) is 5.11. The van der Waals surface area contributed by atoms with Gasteiger partial charge in [0.05, 0.1) is 5.41 Å². The van der Waals surface area contributed by atoms with Crippen molar-refractivity contribution in [1.29, 1.82) is 0 Å². The van der Waals surface area contributed by atoms with Gasteiger partial charge in [0.15, 0.2) is 0 Å². The van der Waals surface area contributed by atoms with E-state index in [0.717, 1.165) is 37.2 Å². The Morgan fingerprint density at radius 1 is 1.26 bits per heavy atom. The van der Waals surface area contributed by atoms with Crippen LogP contribution in [0.2, 0.25) is 0 Å². The van der Waals surface area contributed by atoms with Gasteiger partial charge in [0.25, 0.3) is 0 Å². The van der Waals surface area contributed by atoms with Crippen LogP contribution in [0.15, 0.2) is 24.3 Å². The van der Waals surface area contributed by atoms with Gasteiger partial charge in [-0.15, -0.1) is 12.4 Å². The molecule has 1 amide bonds. The maximum absolute atomic E-state index is 12.3. The molecule has 1 N–H and O–H groups in total. The summed E-state index contributed by atoms with van der Waals surface area (Å²) in [5, 5.41) is 2.97. The fourth-order valence-electron chi connectivity index (χ4n) is 3.15. The number of piperidine rings is 1. The first kappa shape index (κ1) is 14.3. The molecule has 0 atom stereocenters. The zero-order chi connectivity index (χ0) is 12.6. The van der Waals surface area contributed by atoms with E-state index in [4.69, 9.17) is 0 Å². The van der Waals surface area contributed by atoms with Gasteiger partial charge in [-0.1, -0.05) is 18.2 Å². The Balaban J connectivity index is 0.00000133. The van der Waals surface area contributed by atoms with Crippen LogP contribution < -0.4 is 5.32 Å². The predicted octanol–water partition coefficient (Wildman–Crippen LogP) is 2.36. The Kier molecular flexibility index (Phi) is 4.11. The van der Waals surface area contributed by atoms with Gasteiger partial charge in [-0.05, 0) is 37.6 Å². The number of benzene rings is 1. The molecule has 0 aromatic heterocycles. The van der Waals surface area contributed by atoms with E-state index in [-0.39, 0.29) is 30.4 Å². The lowest BCUT2D eigenvalue weighted by atomic mass is 9.74. The Bertz CT molecular complexity index is 472. The van der Waals surface area contributed by atoms with E-state index >= 15 is 0 Å². The topological polar surface area (TPSA) is 32.3 Å². The molecule has 0 radical (unpaired) electrons. The molecule has 0 unspecified atom stereocenters. The number of para-hydroxylation sites is 1. The summed E-state index contributed by atoms with van der Waals surface area (Å²) >= 11 is 0. The third kappa shape index (κ3) is 2.23. The van der Waals surface area contributed by atoms with Crippen molar-refractivity contribution in [3.63, 3.8) is 0 Å². The molecule has 0 bridgehead atoms. The van der Waals surface area contributed by atoms with Crippen molar-refractivity contribution in [3.05, 3.63) is 29.8 Å². The van der Waals surface area contributed by atoms with E-state index in [2.05, 4.69) is 10.2 Å². The maximum Gasteiger partial charge on any atom is 0.235 e. The third-order valence-electron chi connectivity index (χ3n) is 4.24. The molecular weight excluding hydrogens is 267 g/mol. The summed E-state index contributed by atoms with van der Waals surface area (Å²) in [6.45, 7) is 1.77. The highest BCUT2D eigenvalue weighted by atomic mass is 35.5. The highest BCUT2D eigenvalue weighted by Crippen LogP contribution is 2.44. The maximum atomic E-state index is 12.3. The van der Waals surface area contributed by atoms with E-state index in [0.29, 0.717) is 6.54 Å². The van der Waals surface area contributed by atoms with Crippen molar-refractivity contribution >= 4 is 24.0 Å².